The summed E-state index contributed by atoms with van der Waals surface area (Å²) in [5.41, 5.74) is 2.15. The molecule has 3 nitrogen and oxygen atoms in total. The van der Waals surface area contributed by atoms with E-state index in [9.17, 15) is 13.2 Å². The molecule has 0 aliphatic heterocycles. The summed E-state index contributed by atoms with van der Waals surface area (Å²) in [5.74, 6) is 0. The molecule has 0 saturated heterocycles. The van der Waals surface area contributed by atoms with Gasteiger partial charge in [-0.25, -0.2) is 0 Å². The van der Waals surface area contributed by atoms with Crippen LogP contribution in [-0.4, -0.2) is 23.4 Å². The summed E-state index contributed by atoms with van der Waals surface area (Å²) < 4.78 is 36.6. The summed E-state index contributed by atoms with van der Waals surface area (Å²) in [7, 11) is 1.65. The Hall–Kier alpha value is -1.17. The van der Waals surface area contributed by atoms with Crippen LogP contribution < -0.4 is 5.32 Å². The molecule has 1 atom stereocenters. The van der Waals surface area contributed by atoms with Crippen molar-refractivity contribution in [3.8, 4) is 0 Å². The van der Waals surface area contributed by atoms with Crippen LogP contribution in [0.5, 0.6) is 0 Å². The van der Waals surface area contributed by atoms with Crippen LogP contribution in [0.4, 0.5) is 13.2 Å². The van der Waals surface area contributed by atoms with Gasteiger partial charge in [-0.2, -0.15) is 23.4 Å². The second kappa shape index (κ2) is 5.44. The number of alkyl halides is 3. The number of nitrogens with one attached hydrogen (secondary N) is 1. The normalized spacial score (nSPS) is 13.8. The summed E-state index contributed by atoms with van der Waals surface area (Å²) in [5, 5.41) is 10.7. The van der Waals surface area contributed by atoms with Gasteiger partial charge in [0.1, 0.15) is 0 Å². The van der Waals surface area contributed by atoms with Crippen LogP contribution in [0.3, 0.4) is 0 Å². The third kappa shape index (κ3) is 4.30. The van der Waals surface area contributed by atoms with Crippen molar-refractivity contribution in [2.45, 2.75) is 38.9 Å². The van der Waals surface area contributed by atoms with E-state index < -0.39 is 12.6 Å². The molecule has 1 unspecified atom stereocenters. The lowest BCUT2D eigenvalue weighted by atomic mass is 10.0. The number of hydrogen-bond acceptors (Lipinski definition) is 3. The molecular weight excluding hydrogens is 231 g/mol. The highest BCUT2D eigenvalue weighted by molar-refractivity contribution is 5.23. The number of hydrogen-bond donors (Lipinski definition) is 1. The molecule has 0 fully saturated rings. The van der Waals surface area contributed by atoms with Gasteiger partial charge in [0.25, 0.3) is 0 Å². The molecule has 0 amide bonds. The Morgan fingerprint density at radius 2 is 1.94 bits per heavy atom. The zero-order valence-electron chi connectivity index (χ0n) is 10.1. The largest absolute Gasteiger partial charge is 0.389 e. The van der Waals surface area contributed by atoms with Crippen LogP contribution >= 0.6 is 0 Å². The van der Waals surface area contributed by atoms with Crippen molar-refractivity contribution in [1.29, 1.82) is 0 Å². The van der Waals surface area contributed by atoms with E-state index in [0.717, 1.165) is 5.56 Å². The Morgan fingerprint density at radius 3 is 2.47 bits per heavy atom. The predicted octanol–water partition coefficient (Wildman–Crippen LogP) is 2.70. The van der Waals surface area contributed by atoms with Gasteiger partial charge in [-0.3, -0.25) is 0 Å². The first-order valence-corrected chi connectivity index (χ1v) is 5.38. The molecule has 0 spiro atoms. The van der Waals surface area contributed by atoms with Gasteiger partial charge in [0.15, 0.2) is 0 Å². The molecular formula is C11H16F3N3. The standard InChI is InChI=1S/C11H16F3N3/c1-7-6-9(8(2)17-16-7)10(15-3)4-5-11(12,13)14/h6,10,15H,4-5H2,1-3H3. The smallest absolute Gasteiger partial charge is 0.313 e. The SMILES string of the molecule is CNC(CCC(F)(F)F)c1cc(C)nnc1C. The highest BCUT2D eigenvalue weighted by atomic mass is 19.4. The van der Waals surface area contributed by atoms with Gasteiger partial charge in [0.2, 0.25) is 0 Å². The maximum atomic E-state index is 12.2. The van der Waals surface area contributed by atoms with Crippen molar-refractivity contribution >= 4 is 0 Å². The van der Waals surface area contributed by atoms with E-state index in [1.165, 1.54) is 0 Å². The minimum absolute atomic E-state index is 0.00593. The first-order valence-electron chi connectivity index (χ1n) is 5.38. The van der Waals surface area contributed by atoms with E-state index in [2.05, 4.69) is 15.5 Å². The molecule has 1 rings (SSSR count). The minimum atomic E-state index is -4.13. The van der Waals surface area contributed by atoms with E-state index in [1.54, 1.807) is 27.0 Å². The van der Waals surface area contributed by atoms with Crippen LogP contribution in [0.15, 0.2) is 6.07 Å². The average molecular weight is 247 g/mol. The number of rotatable bonds is 4. The topological polar surface area (TPSA) is 37.8 Å². The number of aromatic nitrogens is 2. The second-order valence-corrected chi connectivity index (χ2v) is 4.02. The van der Waals surface area contributed by atoms with Crippen LogP contribution in [0.1, 0.15) is 35.8 Å². The lowest BCUT2D eigenvalue weighted by Gasteiger charge is -2.19. The first-order chi connectivity index (χ1) is 7.83. The van der Waals surface area contributed by atoms with Gasteiger partial charge in [-0.1, -0.05) is 0 Å². The summed E-state index contributed by atoms with van der Waals surface area (Å²) in [6.07, 6.45) is -4.93. The molecule has 1 aromatic heterocycles. The van der Waals surface area contributed by atoms with Crippen LogP contribution in [0, 0.1) is 13.8 Å². The Morgan fingerprint density at radius 1 is 1.29 bits per heavy atom. The van der Waals surface area contributed by atoms with Crippen molar-refractivity contribution < 1.29 is 13.2 Å². The molecule has 1 heterocycles. The quantitative estimate of drug-likeness (QED) is 0.889. The van der Waals surface area contributed by atoms with E-state index in [-0.39, 0.29) is 12.5 Å². The summed E-state index contributed by atoms with van der Waals surface area (Å²) >= 11 is 0. The van der Waals surface area contributed by atoms with Crippen molar-refractivity contribution in [3.63, 3.8) is 0 Å². The molecule has 0 saturated carbocycles. The number of halogens is 3. The molecule has 0 radical (unpaired) electrons. The first kappa shape index (κ1) is 13.9. The van der Waals surface area contributed by atoms with E-state index in [4.69, 9.17) is 0 Å². The maximum Gasteiger partial charge on any atom is 0.389 e. The lowest BCUT2D eigenvalue weighted by molar-refractivity contribution is -0.136. The Bertz CT molecular complexity index is 377. The van der Waals surface area contributed by atoms with Crippen molar-refractivity contribution in [2.75, 3.05) is 7.05 Å². The van der Waals surface area contributed by atoms with Gasteiger partial charge in [-0.15, -0.1) is 0 Å². The maximum absolute atomic E-state index is 12.2. The fourth-order valence-corrected chi connectivity index (χ4v) is 1.69. The average Bonchev–Trinajstić information content (AvgIpc) is 2.22. The Kier molecular flexibility index (Phi) is 4.45. The lowest BCUT2D eigenvalue weighted by Crippen LogP contribution is -2.21. The van der Waals surface area contributed by atoms with E-state index >= 15 is 0 Å². The van der Waals surface area contributed by atoms with E-state index in [0.29, 0.717) is 11.4 Å². The molecule has 1 aromatic rings. The van der Waals surface area contributed by atoms with Gasteiger partial charge >= 0.3 is 6.18 Å². The predicted molar refractivity (Wildman–Crippen MR) is 58.6 cm³/mol. The Balaban J connectivity index is 2.82. The van der Waals surface area contributed by atoms with Gasteiger partial charge in [0.05, 0.1) is 11.4 Å². The molecule has 0 aromatic carbocycles. The molecule has 0 bridgehead atoms. The highest BCUT2D eigenvalue weighted by Crippen LogP contribution is 2.28. The molecule has 96 valence electrons. The van der Waals surface area contributed by atoms with Crippen LogP contribution in [0.25, 0.3) is 0 Å². The number of nitrogens with zero attached hydrogens (tertiary/aromatic N) is 2. The highest BCUT2D eigenvalue weighted by Gasteiger charge is 2.28. The molecule has 0 aliphatic carbocycles. The molecule has 17 heavy (non-hydrogen) atoms. The summed E-state index contributed by atoms with van der Waals surface area (Å²) in [4.78, 5) is 0. The molecule has 1 N–H and O–H groups in total. The van der Waals surface area contributed by atoms with Crippen molar-refractivity contribution in [2.24, 2.45) is 0 Å². The van der Waals surface area contributed by atoms with Gasteiger partial charge < -0.3 is 5.32 Å². The van der Waals surface area contributed by atoms with Crippen molar-refractivity contribution in [1.82, 2.24) is 15.5 Å². The summed E-state index contributed by atoms with van der Waals surface area (Å²) in [6, 6.07) is 1.44. The monoisotopic (exact) mass is 247 g/mol. The van der Waals surface area contributed by atoms with Crippen LogP contribution in [-0.2, 0) is 0 Å². The van der Waals surface area contributed by atoms with Gasteiger partial charge in [-0.05, 0) is 38.9 Å². The number of aryl methyl sites for hydroxylation is 2. The fraction of sp³-hybridized carbons (Fsp3) is 0.636. The molecule has 0 aliphatic rings. The zero-order chi connectivity index (χ0) is 13.1. The minimum Gasteiger partial charge on any atom is -0.313 e. The fourth-order valence-electron chi connectivity index (χ4n) is 1.69. The Labute approximate surface area is 98.4 Å². The van der Waals surface area contributed by atoms with Gasteiger partial charge in [0, 0.05) is 12.5 Å². The third-order valence-electron chi connectivity index (χ3n) is 2.58. The van der Waals surface area contributed by atoms with Crippen molar-refractivity contribution in [3.05, 3.63) is 23.0 Å². The van der Waals surface area contributed by atoms with Crippen LogP contribution in [0.2, 0.25) is 0 Å². The zero-order valence-corrected chi connectivity index (χ0v) is 10.1. The summed E-state index contributed by atoms with van der Waals surface area (Å²) in [6.45, 7) is 3.52. The third-order valence-corrected chi connectivity index (χ3v) is 2.58. The second-order valence-electron chi connectivity index (χ2n) is 4.02. The van der Waals surface area contributed by atoms with E-state index in [1.807, 2.05) is 0 Å². The molecule has 6 heteroatoms.